The average molecular weight is 470 g/mol. The number of aromatic nitrogens is 1. The molecule has 0 aliphatic rings. The van der Waals surface area contributed by atoms with Gasteiger partial charge in [-0.1, -0.05) is 6.07 Å². The molecule has 2 aromatic rings. The Balaban J connectivity index is 2.46. The normalized spacial score (nSPS) is 13.2. The van der Waals surface area contributed by atoms with Gasteiger partial charge in [-0.3, -0.25) is 9.59 Å². The maximum atomic E-state index is 13.2. The molecule has 0 radical (unpaired) electrons. The quantitative estimate of drug-likeness (QED) is 0.596. The molecule has 1 heterocycles. The molecule has 0 spiro atoms. The molecule has 1 aromatic heterocycles. The Morgan fingerprint density at radius 3 is 2.00 bits per heavy atom. The van der Waals surface area contributed by atoms with Crippen LogP contribution >= 0.6 is 0 Å². The van der Waals surface area contributed by atoms with Crippen molar-refractivity contribution < 1.29 is 32.7 Å². The summed E-state index contributed by atoms with van der Waals surface area (Å²) >= 11 is 0. The molecule has 10 heteroatoms. The molecule has 0 aliphatic heterocycles. The number of rotatable bonds is 6. The Morgan fingerprint density at radius 1 is 0.939 bits per heavy atom. The lowest BCUT2D eigenvalue weighted by molar-refractivity contribution is -0.189. The number of nitrogens with one attached hydrogen (secondary N) is 2. The van der Waals surface area contributed by atoms with Crippen LogP contribution in [0.2, 0.25) is 0 Å². The van der Waals surface area contributed by atoms with Crippen molar-refractivity contribution in [2.75, 3.05) is 0 Å². The number of fused-ring (bicyclic) bond motifs is 1. The Morgan fingerprint density at radius 2 is 1.52 bits per heavy atom. The monoisotopic (exact) mass is 469 g/mol. The van der Waals surface area contributed by atoms with Gasteiger partial charge in [-0.2, -0.15) is 13.2 Å². The fourth-order valence-corrected chi connectivity index (χ4v) is 3.25. The van der Waals surface area contributed by atoms with Crippen molar-refractivity contribution in [2.45, 2.75) is 77.7 Å². The van der Waals surface area contributed by atoms with Gasteiger partial charge in [0.05, 0.1) is 5.41 Å². The molecule has 0 aliphatic carbocycles. The first kappa shape index (κ1) is 26.2. The minimum Gasteiger partial charge on any atom is -0.477 e. The molecular weight excluding hydrogens is 439 g/mol. The summed E-state index contributed by atoms with van der Waals surface area (Å²) in [5.74, 6) is -2.44. The van der Waals surface area contributed by atoms with E-state index >= 15 is 0 Å². The van der Waals surface area contributed by atoms with Crippen molar-refractivity contribution >= 4 is 28.7 Å². The van der Waals surface area contributed by atoms with Crippen molar-refractivity contribution in [1.82, 2.24) is 15.2 Å². The van der Waals surface area contributed by atoms with Crippen LogP contribution in [0.3, 0.4) is 0 Å². The topological polar surface area (TPSA) is 100 Å². The van der Waals surface area contributed by atoms with Crippen molar-refractivity contribution in [1.29, 1.82) is 0 Å². The summed E-state index contributed by atoms with van der Waals surface area (Å²) in [6, 6.07) is 6.04. The molecule has 0 unspecified atom stereocenters. The van der Waals surface area contributed by atoms with E-state index in [-0.39, 0.29) is 18.1 Å². The molecule has 0 saturated heterocycles. The van der Waals surface area contributed by atoms with Crippen LogP contribution in [0.15, 0.2) is 24.3 Å². The molecule has 33 heavy (non-hydrogen) atoms. The highest BCUT2D eigenvalue weighted by molar-refractivity contribution is 5.97. The number of hydrogen-bond acceptors (Lipinski definition) is 3. The van der Waals surface area contributed by atoms with Gasteiger partial charge in [-0.05, 0) is 72.2 Å². The number of amides is 2. The van der Waals surface area contributed by atoms with Crippen LogP contribution in [-0.4, -0.2) is 44.7 Å². The van der Waals surface area contributed by atoms with Crippen LogP contribution in [0.25, 0.3) is 10.9 Å². The van der Waals surface area contributed by atoms with E-state index in [0.717, 1.165) is 13.8 Å². The van der Waals surface area contributed by atoms with Crippen LogP contribution in [0.1, 0.15) is 64.5 Å². The summed E-state index contributed by atoms with van der Waals surface area (Å²) in [4.78, 5) is 36.9. The maximum absolute atomic E-state index is 13.2. The van der Waals surface area contributed by atoms with Crippen LogP contribution in [-0.2, 0) is 21.5 Å². The number of nitrogens with zero attached hydrogens (tertiary/aromatic N) is 1. The van der Waals surface area contributed by atoms with Gasteiger partial charge in [0.25, 0.3) is 0 Å². The number of carboxylic acid groups (broad SMARTS) is 1. The average Bonchev–Trinajstić information content (AvgIpc) is 2.96. The Bertz CT molecular complexity index is 1090. The fourth-order valence-electron chi connectivity index (χ4n) is 3.25. The summed E-state index contributed by atoms with van der Waals surface area (Å²) in [7, 11) is 0. The molecule has 0 atom stereocenters. The lowest BCUT2D eigenvalue weighted by atomic mass is 9.82. The second-order valence-electron chi connectivity index (χ2n) is 10.2. The van der Waals surface area contributed by atoms with E-state index in [4.69, 9.17) is 0 Å². The third-order valence-corrected chi connectivity index (χ3v) is 5.36. The Kier molecular flexibility index (Phi) is 6.66. The van der Waals surface area contributed by atoms with Crippen molar-refractivity contribution in [3.63, 3.8) is 0 Å². The standard InChI is InChI=1S/C23H30F3N3O4/c1-20(2,3)27-17(30)12-29-15-9-8-14(10-13(15)11-16(29)18(31)32)21(4,5)19(33)28-22(6,7)23(24,25)26/h8-11H,12H2,1-7H3,(H,27,30)(H,28,33)(H,31,32). The van der Waals surface area contributed by atoms with Crippen molar-refractivity contribution in [3.8, 4) is 0 Å². The van der Waals surface area contributed by atoms with E-state index in [1.807, 2.05) is 5.32 Å². The molecule has 2 amide bonds. The lowest BCUT2D eigenvalue weighted by Crippen LogP contribution is -2.57. The highest BCUT2D eigenvalue weighted by atomic mass is 19.4. The molecule has 3 N–H and O–H groups in total. The van der Waals surface area contributed by atoms with Gasteiger partial charge in [0.1, 0.15) is 17.8 Å². The zero-order valence-electron chi connectivity index (χ0n) is 19.8. The zero-order valence-corrected chi connectivity index (χ0v) is 19.8. The first-order valence-electron chi connectivity index (χ1n) is 10.3. The molecule has 0 saturated carbocycles. The number of aromatic carboxylic acids is 1. The maximum Gasteiger partial charge on any atom is 0.410 e. The number of alkyl halides is 3. The Hall–Kier alpha value is -3.04. The summed E-state index contributed by atoms with van der Waals surface area (Å²) < 4.78 is 41.0. The lowest BCUT2D eigenvalue weighted by Gasteiger charge is -2.33. The summed E-state index contributed by atoms with van der Waals surface area (Å²) in [6.45, 7) is 9.91. The van der Waals surface area contributed by atoms with Gasteiger partial charge in [0.2, 0.25) is 11.8 Å². The summed E-state index contributed by atoms with van der Waals surface area (Å²) in [6.07, 6.45) is -4.63. The molecular formula is C23H30F3N3O4. The molecule has 0 fully saturated rings. The van der Waals surface area contributed by atoms with E-state index in [1.165, 1.54) is 24.5 Å². The van der Waals surface area contributed by atoms with E-state index in [9.17, 15) is 32.7 Å². The highest BCUT2D eigenvalue weighted by Gasteiger charge is 2.50. The highest BCUT2D eigenvalue weighted by Crippen LogP contribution is 2.33. The third kappa shape index (κ3) is 5.66. The number of halogens is 3. The van der Waals surface area contributed by atoms with E-state index < -0.39 is 34.5 Å². The largest absolute Gasteiger partial charge is 0.477 e. The fraction of sp³-hybridized carbons (Fsp3) is 0.522. The number of carbonyl (C=O) groups excluding carboxylic acids is 2. The van der Waals surface area contributed by atoms with Crippen molar-refractivity contribution in [3.05, 3.63) is 35.5 Å². The van der Waals surface area contributed by atoms with Crippen LogP contribution in [0, 0.1) is 0 Å². The van der Waals surface area contributed by atoms with Crippen molar-refractivity contribution in [2.24, 2.45) is 0 Å². The predicted molar refractivity (Wildman–Crippen MR) is 118 cm³/mol. The van der Waals surface area contributed by atoms with Gasteiger partial charge in [0.15, 0.2) is 0 Å². The van der Waals surface area contributed by atoms with E-state index in [1.54, 1.807) is 39.0 Å². The van der Waals surface area contributed by atoms with Gasteiger partial charge < -0.3 is 20.3 Å². The summed E-state index contributed by atoms with van der Waals surface area (Å²) in [5.41, 5.74) is -3.53. The van der Waals surface area contributed by atoms with Gasteiger partial charge in [-0.25, -0.2) is 4.79 Å². The van der Waals surface area contributed by atoms with E-state index in [2.05, 4.69) is 5.32 Å². The van der Waals surface area contributed by atoms with Gasteiger partial charge in [0, 0.05) is 16.4 Å². The SMILES string of the molecule is CC(C)(C)NC(=O)Cn1c(C(=O)O)cc2cc(C(C)(C)C(=O)NC(C)(C)C(F)(F)F)ccc21. The minimum absolute atomic E-state index is 0.119. The molecule has 7 nitrogen and oxygen atoms in total. The first-order chi connectivity index (χ1) is 14.8. The second-order valence-corrected chi connectivity index (χ2v) is 10.2. The number of carboxylic acids is 1. The Labute approximate surface area is 190 Å². The number of benzene rings is 1. The van der Waals surface area contributed by atoms with Gasteiger partial charge in [-0.15, -0.1) is 0 Å². The molecule has 2 rings (SSSR count). The number of hydrogen-bond donors (Lipinski definition) is 3. The van der Waals surface area contributed by atoms with E-state index in [0.29, 0.717) is 16.5 Å². The predicted octanol–water partition coefficient (Wildman–Crippen LogP) is 3.99. The van der Waals surface area contributed by atoms with Crippen LogP contribution in [0.5, 0.6) is 0 Å². The molecule has 182 valence electrons. The van der Waals surface area contributed by atoms with Crippen LogP contribution in [0.4, 0.5) is 13.2 Å². The second kappa shape index (κ2) is 8.39. The minimum atomic E-state index is -4.63. The number of carbonyl (C=O) groups is 3. The molecule has 0 bridgehead atoms. The van der Waals surface area contributed by atoms with Gasteiger partial charge >= 0.3 is 12.1 Å². The zero-order chi connectivity index (χ0) is 25.6. The third-order valence-electron chi connectivity index (χ3n) is 5.36. The molecule has 1 aromatic carbocycles. The van der Waals surface area contributed by atoms with Crippen LogP contribution < -0.4 is 10.6 Å². The summed E-state index contributed by atoms with van der Waals surface area (Å²) in [5, 5.41) is 14.9. The smallest absolute Gasteiger partial charge is 0.410 e. The first-order valence-corrected chi connectivity index (χ1v) is 10.3.